The lowest BCUT2D eigenvalue weighted by molar-refractivity contribution is -0.137. The molecule has 0 aliphatic heterocycles. The van der Waals surface area contributed by atoms with Crippen LogP contribution in [0.15, 0.2) is 18.2 Å². The van der Waals surface area contributed by atoms with E-state index in [1.807, 2.05) is 6.07 Å². The SMILES string of the molecule is CCNC1c2cc(OC)ccc2CCC1SCC(=O)OC. The Hall–Kier alpha value is -1.20. The summed E-state index contributed by atoms with van der Waals surface area (Å²) in [7, 11) is 3.13. The van der Waals surface area contributed by atoms with Gasteiger partial charge in [0.15, 0.2) is 0 Å². The first-order valence-electron chi connectivity index (χ1n) is 7.28. The van der Waals surface area contributed by atoms with Gasteiger partial charge >= 0.3 is 5.97 Å². The Kier molecular flexibility index (Phi) is 5.94. The van der Waals surface area contributed by atoms with Gasteiger partial charge in [-0.15, -0.1) is 11.8 Å². The van der Waals surface area contributed by atoms with Crippen LogP contribution in [0.4, 0.5) is 0 Å². The summed E-state index contributed by atoms with van der Waals surface area (Å²) in [4.78, 5) is 11.4. The molecule has 116 valence electrons. The Labute approximate surface area is 130 Å². The predicted octanol–water partition coefficient (Wildman–Crippen LogP) is 2.57. The number of nitrogens with one attached hydrogen (secondary N) is 1. The minimum atomic E-state index is -0.160. The molecule has 0 spiro atoms. The average Bonchev–Trinajstić information content (AvgIpc) is 2.53. The lowest BCUT2D eigenvalue weighted by atomic mass is 9.87. The molecular weight excluding hydrogens is 286 g/mol. The third-order valence-corrected chi connectivity index (χ3v) is 5.16. The van der Waals surface area contributed by atoms with E-state index >= 15 is 0 Å². The first-order valence-corrected chi connectivity index (χ1v) is 8.33. The molecule has 1 aliphatic rings. The van der Waals surface area contributed by atoms with Crippen molar-refractivity contribution in [2.24, 2.45) is 0 Å². The molecule has 2 unspecified atom stereocenters. The molecule has 1 N–H and O–H groups in total. The molecule has 0 heterocycles. The first kappa shape index (κ1) is 16.2. The summed E-state index contributed by atoms with van der Waals surface area (Å²) in [5.41, 5.74) is 2.67. The number of methoxy groups -OCH3 is 2. The molecule has 0 aromatic heterocycles. The Morgan fingerprint density at radius 1 is 1.43 bits per heavy atom. The van der Waals surface area contributed by atoms with Crippen molar-refractivity contribution in [3.63, 3.8) is 0 Å². The second kappa shape index (κ2) is 7.71. The van der Waals surface area contributed by atoms with Crippen LogP contribution in [0.3, 0.4) is 0 Å². The van der Waals surface area contributed by atoms with Gasteiger partial charge in [-0.25, -0.2) is 0 Å². The lowest BCUT2D eigenvalue weighted by Gasteiger charge is -2.34. The summed E-state index contributed by atoms with van der Waals surface area (Å²) < 4.78 is 10.1. The molecule has 1 aliphatic carbocycles. The predicted molar refractivity (Wildman–Crippen MR) is 86.0 cm³/mol. The zero-order valence-corrected chi connectivity index (χ0v) is 13.7. The fourth-order valence-corrected chi connectivity index (χ4v) is 3.94. The summed E-state index contributed by atoms with van der Waals surface area (Å²) in [6, 6.07) is 6.54. The topological polar surface area (TPSA) is 47.6 Å². The van der Waals surface area contributed by atoms with Gasteiger partial charge < -0.3 is 14.8 Å². The van der Waals surface area contributed by atoms with Crippen LogP contribution in [0.1, 0.15) is 30.5 Å². The number of thioether (sulfide) groups is 1. The van der Waals surface area contributed by atoms with Gasteiger partial charge in [0.05, 0.1) is 20.0 Å². The molecule has 21 heavy (non-hydrogen) atoms. The van der Waals surface area contributed by atoms with E-state index in [0.29, 0.717) is 11.0 Å². The van der Waals surface area contributed by atoms with Crippen molar-refractivity contribution in [3.05, 3.63) is 29.3 Å². The van der Waals surface area contributed by atoms with Crippen LogP contribution in [-0.2, 0) is 16.0 Å². The Bertz CT molecular complexity index is 492. The number of fused-ring (bicyclic) bond motifs is 1. The van der Waals surface area contributed by atoms with E-state index in [9.17, 15) is 4.79 Å². The molecule has 2 atom stereocenters. The molecule has 0 bridgehead atoms. The Balaban J connectivity index is 2.18. The minimum absolute atomic E-state index is 0.160. The number of hydrogen-bond acceptors (Lipinski definition) is 5. The largest absolute Gasteiger partial charge is 0.497 e. The van der Waals surface area contributed by atoms with Crippen LogP contribution in [0.2, 0.25) is 0 Å². The van der Waals surface area contributed by atoms with Crippen molar-refractivity contribution < 1.29 is 14.3 Å². The second-order valence-corrected chi connectivity index (χ2v) is 6.29. The molecule has 4 nitrogen and oxygen atoms in total. The fraction of sp³-hybridized carbons (Fsp3) is 0.562. The molecule has 2 rings (SSSR count). The highest BCUT2D eigenvalue weighted by molar-refractivity contribution is 8.00. The maximum absolute atomic E-state index is 11.4. The van der Waals surface area contributed by atoms with Gasteiger partial charge in [-0.1, -0.05) is 13.0 Å². The van der Waals surface area contributed by atoms with Gasteiger partial charge in [0.25, 0.3) is 0 Å². The number of aryl methyl sites for hydroxylation is 1. The average molecular weight is 309 g/mol. The Morgan fingerprint density at radius 2 is 2.24 bits per heavy atom. The number of benzene rings is 1. The van der Waals surface area contributed by atoms with E-state index < -0.39 is 0 Å². The number of carbonyl (C=O) groups is 1. The standard InChI is InChI=1S/C16H23NO3S/c1-4-17-16-13-9-12(19-2)7-5-11(13)6-8-14(16)21-10-15(18)20-3/h5,7,9,14,16-17H,4,6,8,10H2,1-3H3. The van der Waals surface area contributed by atoms with Gasteiger partial charge in [-0.3, -0.25) is 4.79 Å². The van der Waals surface area contributed by atoms with Gasteiger partial charge in [0.1, 0.15) is 5.75 Å². The van der Waals surface area contributed by atoms with E-state index in [2.05, 4.69) is 24.4 Å². The molecule has 1 aromatic carbocycles. The summed E-state index contributed by atoms with van der Waals surface area (Å²) in [5, 5.41) is 3.93. The van der Waals surface area contributed by atoms with Crippen LogP contribution in [0, 0.1) is 0 Å². The Morgan fingerprint density at radius 3 is 2.90 bits per heavy atom. The zero-order chi connectivity index (χ0) is 15.2. The van der Waals surface area contributed by atoms with Crippen molar-refractivity contribution in [1.82, 2.24) is 5.32 Å². The third-order valence-electron chi connectivity index (χ3n) is 3.83. The van der Waals surface area contributed by atoms with Crippen molar-refractivity contribution in [1.29, 1.82) is 0 Å². The van der Waals surface area contributed by atoms with Crippen molar-refractivity contribution in [2.75, 3.05) is 26.5 Å². The number of esters is 1. The molecule has 0 radical (unpaired) electrons. The first-order chi connectivity index (χ1) is 10.2. The number of hydrogen-bond donors (Lipinski definition) is 1. The minimum Gasteiger partial charge on any atom is -0.497 e. The maximum Gasteiger partial charge on any atom is 0.315 e. The second-order valence-electron chi connectivity index (χ2n) is 5.06. The number of ether oxygens (including phenoxy) is 2. The highest BCUT2D eigenvalue weighted by Crippen LogP contribution is 2.38. The molecule has 1 aromatic rings. The van der Waals surface area contributed by atoms with Gasteiger partial charge in [0.2, 0.25) is 0 Å². The van der Waals surface area contributed by atoms with Gasteiger partial charge in [-0.2, -0.15) is 0 Å². The number of carbonyl (C=O) groups excluding carboxylic acids is 1. The smallest absolute Gasteiger partial charge is 0.315 e. The normalized spacial score (nSPS) is 20.7. The van der Waals surface area contributed by atoms with Crippen molar-refractivity contribution >= 4 is 17.7 Å². The molecule has 0 saturated carbocycles. The van der Waals surface area contributed by atoms with Crippen LogP contribution in [0.25, 0.3) is 0 Å². The quantitative estimate of drug-likeness (QED) is 0.818. The number of rotatable bonds is 6. The molecule has 5 heteroatoms. The van der Waals surface area contributed by atoms with Crippen LogP contribution in [-0.4, -0.2) is 37.7 Å². The highest BCUT2D eigenvalue weighted by atomic mass is 32.2. The monoisotopic (exact) mass is 309 g/mol. The summed E-state index contributed by atoms with van der Waals surface area (Å²) in [6.45, 7) is 3.01. The van der Waals surface area contributed by atoms with E-state index in [1.54, 1.807) is 18.9 Å². The summed E-state index contributed by atoms with van der Waals surface area (Å²) >= 11 is 1.68. The third kappa shape index (κ3) is 3.92. The van der Waals surface area contributed by atoms with Gasteiger partial charge in [0, 0.05) is 11.3 Å². The molecule has 0 saturated heterocycles. The fourth-order valence-electron chi connectivity index (χ4n) is 2.76. The van der Waals surface area contributed by atoms with Crippen LogP contribution >= 0.6 is 11.8 Å². The van der Waals surface area contributed by atoms with Crippen molar-refractivity contribution in [2.45, 2.75) is 31.1 Å². The van der Waals surface area contributed by atoms with Crippen molar-refractivity contribution in [3.8, 4) is 5.75 Å². The van der Waals surface area contributed by atoms with E-state index in [4.69, 9.17) is 9.47 Å². The maximum atomic E-state index is 11.4. The lowest BCUT2D eigenvalue weighted by Crippen LogP contribution is -2.35. The molecule has 0 amide bonds. The van der Waals surface area contributed by atoms with E-state index in [0.717, 1.165) is 25.1 Å². The summed E-state index contributed by atoms with van der Waals surface area (Å²) in [6.07, 6.45) is 2.11. The van der Waals surface area contributed by atoms with Crippen LogP contribution < -0.4 is 10.1 Å². The van der Waals surface area contributed by atoms with Gasteiger partial charge in [-0.05, 0) is 42.6 Å². The molecule has 0 fully saturated rings. The van der Waals surface area contributed by atoms with Crippen LogP contribution in [0.5, 0.6) is 5.75 Å². The molecular formula is C16H23NO3S. The van der Waals surface area contributed by atoms with E-state index in [1.165, 1.54) is 18.2 Å². The van der Waals surface area contributed by atoms with E-state index in [-0.39, 0.29) is 12.0 Å². The summed E-state index contributed by atoms with van der Waals surface area (Å²) in [5.74, 6) is 1.13. The zero-order valence-electron chi connectivity index (χ0n) is 12.8. The highest BCUT2D eigenvalue weighted by Gasteiger charge is 2.30.